The number of aliphatic hydroxyl groups excluding tert-OH is 1. The van der Waals surface area contributed by atoms with E-state index in [0.717, 1.165) is 42.9 Å². The third-order valence-electron chi connectivity index (χ3n) is 11.6. The van der Waals surface area contributed by atoms with E-state index in [-0.39, 0.29) is 48.8 Å². The minimum Gasteiger partial charge on any atom is -0.508 e. The lowest BCUT2D eigenvalue weighted by Gasteiger charge is -2.35. The Labute approximate surface area is 396 Å². The van der Waals surface area contributed by atoms with Crippen molar-refractivity contribution in [3.8, 4) is 44.7 Å². The Morgan fingerprint density at radius 2 is 1.58 bits per heavy atom. The Kier molecular flexibility index (Phi) is 14.0. The molecule has 0 bridgehead atoms. The van der Waals surface area contributed by atoms with Crippen LogP contribution in [0.25, 0.3) is 31.8 Å². The van der Waals surface area contributed by atoms with Gasteiger partial charge in [-0.1, -0.05) is 80.9 Å². The molecule has 1 unspecified atom stereocenters. The van der Waals surface area contributed by atoms with E-state index in [4.69, 9.17) is 26.2 Å². The van der Waals surface area contributed by atoms with Crippen molar-refractivity contribution >= 4 is 50.7 Å². The number of carbonyl (C=O) groups excluding carboxylic acids is 3. The van der Waals surface area contributed by atoms with Crippen LogP contribution in [0.2, 0.25) is 5.02 Å². The molecule has 3 amide bonds. The molecule has 7 aromatic rings. The number of nitrogens with zero attached hydrogens (tertiary/aromatic N) is 3. The number of ether oxygens (including phenoxy) is 2. The number of β-amino-alcohol motifs (C(OH)–C–C–N with tert-alkyl or cyclic N) is 1. The molecule has 2 aromatic heterocycles. The average Bonchev–Trinajstić information content (AvgIpc) is 4.03. The van der Waals surface area contributed by atoms with E-state index in [2.05, 4.69) is 10.6 Å². The zero-order valence-electron chi connectivity index (χ0n) is 37.4. The molecule has 0 spiro atoms. The van der Waals surface area contributed by atoms with E-state index in [9.17, 15) is 29.0 Å². The van der Waals surface area contributed by atoms with Gasteiger partial charge in [0.25, 0.3) is 0 Å². The number of aromatic hydroxyl groups is 1. The summed E-state index contributed by atoms with van der Waals surface area (Å²) in [6.45, 7) is 8.22. The van der Waals surface area contributed by atoms with Gasteiger partial charge in [-0.2, -0.15) is 5.10 Å². The molecule has 1 aliphatic heterocycles. The van der Waals surface area contributed by atoms with Gasteiger partial charge in [-0.15, -0.1) is 11.3 Å². The molecule has 346 valence electrons. The van der Waals surface area contributed by atoms with Gasteiger partial charge in [0, 0.05) is 39.8 Å². The van der Waals surface area contributed by atoms with Crippen LogP contribution in [0.1, 0.15) is 51.3 Å². The van der Waals surface area contributed by atoms with Crippen molar-refractivity contribution in [2.24, 2.45) is 5.41 Å². The maximum absolute atomic E-state index is 14.1. The Balaban J connectivity index is 0.832. The smallest absolute Gasteiger partial charge is 0.246 e. The molecule has 4 N–H and O–H groups in total. The SMILES string of the molecule is C[C@H](NC(=O)[C@@H]1C[C@@H](O)CN1C(=O)C(NC(=O)Cc1ccc(-c2ccn(CCOc3ccc(Oc4c(-c5ccc(F)cc5)sc5cc(O)ccc45)cc3)n2)cc1)C(C)(C)C)c1ccc(Cl)cc1. The van der Waals surface area contributed by atoms with Gasteiger partial charge in [-0.05, 0) is 102 Å². The minimum atomic E-state index is -0.950. The molecule has 5 aromatic carbocycles. The molecular weight excluding hydrogens is 893 g/mol. The number of hydrogen-bond donors (Lipinski definition) is 4. The number of thiophene rings is 1. The van der Waals surface area contributed by atoms with E-state index in [1.807, 2.05) is 107 Å². The predicted molar refractivity (Wildman–Crippen MR) is 258 cm³/mol. The maximum Gasteiger partial charge on any atom is 0.246 e. The molecule has 1 aliphatic rings. The monoisotopic (exact) mass is 943 g/mol. The molecular formula is C52H51ClFN5O7S. The number of phenols is 1. The van der Waals surface area contributed by atoms with Gasteiger partial charge in [0.1, 0.15) is 41.8 Å². The van der Waals surface area contributed by atoms with Crippen LogP contribution in [0, 0.1) is 11.2 Å². The highest BCUT2D eigenvalue weighted by atomic mass is 35.5. The summed E-state index contributed by atoms with van der Waals surface area (Å²) < 4.78 is 28.8. The Hall–Kier alpha value is -6.74. The van der Waals surface area contributed by atoms with Gasteiger partial charge >= 0.3 is 0 Å². The minimum absolute atomic E-state index is 0.0185. The van der Waals surface area contributed by atoms with E-state index >= 15 is 0 Å². The van der Waals surface area contributed by atoms with Crippen LogP contribution in [0.3, 0.4) is 0 Å². The highest BCUT2D eigenvalue weighted by Gasteiger charge is 2.44. The van der Waals surface area contributed by atoms with Crippen LogP contribution in [0.5, 0.6) is 23.0 Å². The third kappa shape index (κ3) is 11.3. The summed E-state index contributed by atoms with van der Waals surface area (Å²) >= 11 is 7.49. The molecule has 1 fully saturated rings. The highest BCUT2D eigenvalue weighted by molar-refractivity contribution is 7.22. The quantitative estimate of drug-likeness (QED) is 0.0793. The fourth-order valence-corrected chi connectivity index (χ4v) is 9.32. The lowest BCUT2D eigenvalue weighted by molar-refractivity contribution is -0.144. The first kappa shape index (κ1) is 46.8. The molecule has 15 heteroatoms. The summed E-state index contributed by atoms with van der Waals surface area (Å²) in [5, 5.41) is 32.7. The lowest BCUT2D eigenvalue weighted by atomic mass is 9.85. The van der Waals surface area contributed by atoms with Crippen molar-refractivity contribution < 1.29 is 38.5 Å². The van der Waals surface area contributed by atoms with E-state index in [1.54, 1.807) is 41.1 Å². The van der Waals surface area contributed by atoms with Crippen molar-refractivity contribution in [1.29, 1.82) is 0 Å². The Morgan fingerprint density at radius 3 is 2.28 bits per heavy atom. The van der Waals surface area contributed by atoms with Gasteiger partial charge in [0.15, 0.2) is 5.75 Å². The van der Waals surface area contributed by atoms with Crippen molar-refractivity contribution in [3.05, 3.63) is 149 Å². The largest absolute Gasteiger partial charge is 0.508 e. The number of aromatic nitrogens is 2. The average molecular weight is 945 g/mol. The Morgan fingerprint density at radius 1 is 0.896 bits per heavy atom. The zero-order chi connectivity index (χ0) is 47.4. The van der Waals surface area contributed by atoms with Gasteiger partial charge < -0.3 is 35.2 Å². The number of rotatable bonds is 15. The third-order valence-corrected chi connectivity index (χ3v) is 13.1. The fraction of sp³-hybridized carbons (Fsp3) is 0.269. The molecule has 3 heterocycles. The van der Waals surface area contributed by atoms with Crippen molar-refractivity contribution in [2.75, 3.05) is 13.2 Å². The topological polar surface area (TPSA) is 155 Å². The molecule has 4 atom stereocenters. The van der Waals surface area contributed by atoms with E-state index in [0.29, 0.717) is 35.4 Å². The first-order chi connectivity index (χ1) is 32.1. The second-order valence-corrected chi connectivity index (χ2v) is 19.2. The number of benzene rings is 5. The van der Waals surface area contributed by atoms with Crippen molar-refractivity contribution in [2.45, 2.75) is 71.3 Å². The second-order valence-electron chi connectivity index (χ2n) is 17.8. The first-order valence-corrected chi connectivity index (χ1v) is 23.2. The van der Waals surface area contributed by atoms with Crippen LogP contribution in [-0.4, -0.2) is 74.0 Å². The standard InChI is InChI=1S/C52H51ClFN5O7S/c1-31(33-9-13-36(53)14-10-33)55-50(63)44-28-39(61)30-59(44)51(64)49(52(2,3)4)56-46(62)27-32-5-7-34(8-6-32)43-23-24-58(57-43)25-26-65-40-18-20-41(21-19-40)66-47-42-22-17-38(60)29-45(42)67-48(47)35-11-15-37(54)16-12-35/h5-24,29,31,39,44,49,60-61H,25-28,30H2,1-4H3,(H,55,63)(H,56,62)/t31-,39+,44-,49?/m0/s1. The number of phenolic OH excluding ortho intramolecular Hbond substituents is 1. The number of amides is 3. The summed E-state index contributed by atoms with van der Waals surface area (Å²) in [7, 11) is 0. The molecule has 12 nitrogen and oxygen atoms in total. The van der Waals surface area contributed by atoms with Crippen LogP contribution < -0.4 is 20.1 Å². The number of likely N-dealkylation sites (tertiary alicyclic amines) is 1. The number of aliphatic hydroxyl groups is 1. The van der Waals surface area contributed by atoms with Gasteiger partial charge in [0.05, 0.1) is 35.7 Å². The van der Waals surface area contributed by atoms with Crippen LogP contribution in [0.4, 0.5) is 4.39 Å². The zero-order valence-corrected chi connectivity index (χ0v) is 39.0. The molecule has 0 radical (unpaired) electrons. The Bertz CT molecular complexity index is 2860. The summed E-state index contributed by atoms with van der Waals surface area (Å²) in [6, 6.07) is 33.0. The maximum atomic E-state index is 14.1. The van der Waals surface area contributed by atoms with Crippen LogP contribution in [0.15, 0.2) is 128 Å². The van der Waals surface area contributed by atoms with Gasteiger partial charge in [-0.3, -0.25) is 19.1 Å². The lowest BCUT2D eigenvalue weighted by Crippen LogP contribution is -2.58. The number of fused-ring (bicyclic) bond motifs is 1. The summed E-state index contributed by atoms with van der Waals surface area (Å²) in [5.74, 6) is 0.524. The molecule has 0 aliphatic carbocycles. The second kappa shape index (κ2) is 20.0. The van der Waals surface area contributed by atoms with Crippen molar-refractivity contribution in [3.63, 3.8) is 0 Å². The van der Waals surface area contributed by atoms with E-state index < -0.39 is 29.5 Å². The molecule has 8 rings (SSSR count). The first-order valence-electron chi connectivity index (χ1n) is 22.0. The molecule has 0 saturated carbocycles. The number of nitrogens with one attached hydrogen (secondary N) is 2. The normalized spacial score (nSPS) is 15.8. The number of halogens is 2. The van der Waals surface area contributed by atoms with E-state index in [1.165, 1.54) is 28.4 Å². The fourth-order valence-electron chi connectivity index (χ4n) is 8.03. The summed E-state index contributed by atoms with van der Waals surface area (Å²) in [4.78, 5) is 43.3. The number of hydrogen-bond acceptors (Lipinski definition) is 9. The van der Waals surface area contributed by atoms with Crippen LogP contribution in [-0.2, 0) is 27.3 Å². The summed E-state index contributed by atoms with van der Waals surface area (Å²) in [6.07, 6.45) is 1.11. The number of carbonyl (C=O) groups is 3. The highest BCUT2D eigenvalue weighted by Crippen LogP contribution is 2.47. The molecule has 1 saturated heterocycles. The molecule has 67 heavy (non-hydrogen) atoms. The van der Waals surface area contributed by atoms with Gasteiger partial charge in [-0.25, -0.2) is 4.39 Å². The van der Waals surface area contributed by atoms with Crippen molar-refractivity contribution in [1.82, 2.24) is 25.3 Å². The van der Waals surface area contributed by atoms with Gasteiger partial charge in [0.2, 0.25) is 17.7 Å². The predicted octanol–water partition coefficient (Wildman–Crippen LogP) is 9.71. The van der Waals surface area contributed by atoms with Crippen LogP contribution >= 0.6 is 22.9 Å². The summed E-state index contributed by atoms with van der Waals surface area (Å²) in [5.41, 5.74) is 3.31.